The number of rotatable bonds is 3. The molecule has 0 aromatic carbocycles. The van der Waals surface area contributed by atoms with Gasteiger partial charge in [-0.1, -0.05) is 18.9 Å². The lowest BCUT2D eigenvalue weighted by molar-refractivity contribution is -0.142. The number of aliphatic carboxylic acids is 1. The SMILES string of the molecule is Cc1ccc2nc(CN3[C@H](C(=O)O)C[C@@H]4CCCC[C@@H]43)cn2c1. The molecule has 1 N–H and O–H groups in total. The number of fused-ring (bicyclic) bond motifs is 2. The summed E-state index contributed by atoms with van der Waals surface area (Å²) in [4.78, 5) is 18.6. The normalized spacial score (nSPS) is 28.1. The molecule has 4 rings (SSSR count). The van der Waals surface area contributed by atoms with Gasteiger partial charge in [0, 0.05) is 25.0 Å². The Morgan fingerprint density at radius 3 is 2.96 bits per heavy atom. The van der Waals surface area contributed by atoms with Crippen LogP contribution in [-0.4, -0.2) is 37.4 Å². The van der Waals surface area contributed by atoms with Crippen LogP contribution in [0.3, 0.4) is 0 Å². The average Bonchev–Trinajstić information content (AvgIpc) is 3.08. The molecule has 1 saturated carbocycles. The molecule has 23 heavy (non-hydrogen) atoms. The molecule has 2 aromatic rings. The summed E-state index contributed by atoms with van der Waals surface area (Å²) in [5.74, 6) is -0.136. The summed E-state index contributed by atoms with van der Waals surface area (Å²) in [6, 6.07) is 4.13. The van der Waals surface area contributed by atoms with Gasteiger partial charge in [0.25, 0.3) is 0 Å². The van der Waals surface area contributed by atoms with Crippen LogP contribution in [0, 0.1) is 12.8 Å². The second-order valence-corrected chi connectivity index (χ2v) is 7.08. The molecule has 0 bridgehead atoms. The number of carbonyl (C=O) groups is 1. The third-order valence-corrected chi connectivity index (χ3v) is 5.50. The van der Waals surface area contributed by atoms with E-state index in [1.807, 2.05) is 16.7 Å². The van der Waals surface area contributed by atoms with E-state index < -0.39 is 5.97 Å². The van der Waals surface area contributed by atoms with Crippen molar-refractivity contribution >= 4 is 11.6 Å². The third kappa shape index (κ3) is 2.63. The molecular formula is C18H23N3O2. The maximum absolute atomic E-state index is 11.7. The highest BCUT2D eigenvalue weighted by Crippen LogP contribution is 2.40. The van der Waals surface area contributed by atoms with Crippen LogP contribution in [0.5, 0.6) is 0 Å². The maximum atomic E-state index is 11.7. The van der Waals surface area contributed by atoms with Gasteiger partial charge in [-0.05, 0) is 43.7 Å². The van der Waals surface area contributed by atoms with E-state index in [1.54, 1.807) is 0 Å². The number of likely N-dealkylation sites (tertiary alicyclic amines) is 1. The summed E-state index contributed by atoms with van der Waals surface area (Å²) in [6.07, 6.45) is 9.66. The fourth-order valence-corrected chi connectivity index (χ4v) is 4.44. The van der Waals surface area contributed by atoms with Gasteiger partial charge in [-0.2, -0.15) is 0 Å². The monoisotopic (exact) mass is 313 g/mol. The third-order valence-electron chi connectivity index (χ3n) is 5.50. The maximum Gasteiger partial charge on any atom is 0.320 e. The van der Waals surface area contributed by atoms with Crippen LogP contribution in [0.25, 0.3) is 5.65 Å². The first-order valence-electron chi connectivity index (χ1n) is 8.54. The molecule has 3 atom stereocenters. The Morgan fingerprint density at radius 1 is 1.30 bits per heavy atom. The number of aromatic nitrogens is 2. The second-order valence-electron chi connectivity index (χ2n) is 7.08. The molecule has 122 valence electrons. The summed E-state index contributed by atoms with van der Waals surface area (Å²) >= 11 is 0. The minimum Gasteiger partial charge on any atom is -0.480 e. The number of carboxylic acid groups (broad SMARTS) is 1. The van der Waals surface area contributed by atoms with E-state index >= 15 is 0 Å². The summed E-state index contributed by atoms with van der Waals surface area (Å²) in [7, 11) is 0. The van der Waals surface area contributed by atoms with Crippen molar-refractivity contribution < 1.29 is 9.90 Å². The zero-order valence-corrected chi connectivity index (χ0v) is 13.5. The Hall–Kier alpha value is -1.88. The molecule has 3 heterocycles. The quantitative estimate of drug-likeness (QED) is 0.946. The first-order chi connectivity index (χ1) is 11.1. The van der Waals surface area contributed by atoms with Gasteiger partial charge in [0.1, 0.15) is 11.7 Å². The fourth-order valence-electron chi connectivity index (χ4n) is 4.44. The van der Waals surface area contributed by atoms with E-state index in [9.17, 15) is 9.90 Å². The Balaban J connectivity index is 1.62. The number of aryl methyl sites for hydroxylation is 1. The highest BCUT2D eigenvalue weighted by molar-refractivity contribution is 5.74. The summed E-state index contributed by atoms with van der Waals surface area (Å²) in [5.41, 5.74) is 3.09. The van der Waals surface area contributed by atoms with Gasteiger partial charge < -0.3 is 9.51 Å². The number of hydrogen-bond acceptors (Lipinski definition) is 3. The highest BCUT2D eigenvalue weighted by Gasteiger charge is 2.45. The van der Waals surface area contributed by atoms with Gasteiger partial charge in [-0.3, -0.25) is 9.69 Å². The zero-order chi connectivity index (χ0) is 16.0. The predicted molar refractivity (Wildman–Crippen MR) is 87.3 cm³/mol. The largest absolute Gasteiger partial charge is 0.480 e. The topological polar surface area (TPSA) is 57.8 Å². The molecule has 1 saturated heterocycles. The summed E-state index contributed by atoms with van der Waals surface area (Å²) in [5, 5.41) is 9.62. The fraction of sp³-hybridized carbons (Fsp3) is 0.556. The van der Waals surface area contributed by atoms with Crippen molar-refractivity contribution in [2.24, 2.45) is 5.92 Å². The average molecular weight is 313 g/mol. The van der Waals surface area contributed by atoms with Crippen molar-refractivity contribution in [3.8, 4) is 0 Å². The van der Waals surface area contributed by atoms with E-state index in [1.165, 1.54) is 24.8 Å². The van der Waals surface area contributed by atoms with Crippen LogP contribution < -0.4 is 0 Å². The molecule has 0 amide bonds. The minimum atomic E-state index is -0.681. The van der Waals surface area contributed by atoms with Gasteiger partial charge >= 0.3 is 5.97 Å². The van der Waals surface area contributed by atoms with Crippen molar-refractivity contribution in [2.45, 2.75) is 57.7 Å². The van der Waals surface area contributed by atoms with Crippen LogP contribution in [0.4, 0.5) is 0 Å². The van der Waals surface area contributed by atoms with E-state index in [4.69, 9.17) is 0 Å². The molecule has 2 fully saturated rings. The molecule has 0 radical (unpaired) electrons. The molecule has 1 aliphatic heterocycles. The van der Waals surface area contributed by atoms with Crippen LogP contribution in [0.15, 0.2) is 24.5 Å². The van der Waals surface area contributed by atoms with Gasteiger partial charge in [0.2, 0.25) is 0 Å². The van der Waals surface area contributed by atoms with Crippen LogP contribution in [0.2, 0.25) is 0 Å². The molecular weight excluding hydrogens is 290 g/mol. The Kier molecular flexibility index (Phi) is 3.60. The van der Waals surface area contributed by atoms with E-state index in [-0.39, 0.29) is 6.04 Å². The van der Waals surface area contributed by atoms with E-state index in [2.05, 4.69) is 29.1 Å². The Labute approximate surface area is 135 Å². The number of imidazole rings is 1. The van der Waals surface area contributed by atoms with Crippen molar-refractivity contribution in [3.05, 3.63) is 35.8 Å². The number of pyridine rings is 1. The molecule has 2 aromatic heterocycles. The lowest BCUT2D eigenvalue weighted by Gasteiger charge is -2.32. The lowest BCUT2D eigenvalue weighted by atomic mass is 9.85. The predicted octanol–water partition coefficient (Wildman–Crippen LogP) is 2.86. The molecule has 2 aliphatic rings. The van der Waals surface area contributed by atoms with Crippen LogP contribution in [-0.2, 0) is 11.3 Å². The molecule has 1 aliphatic carbocycles. The molecule has 5 nitrogen and oxygen atoms in total. The summed E-state index contributed by atoms with van der Waals surface area (Å²) < 4.78 is 2.04. The first-order valence-corrected chi connectivity index (χ1v) is 8.54. The van der Waals surface area contributed by atoms with Crippen molar-refractivity contribution in [3.63, 3.8) is 0 Å². The molecule has 5 heteroatoms. The molecule has 0 unspecified atom stereocenters. The van der Waals surface area contributed by atoms with E-state index in [0.29, 0.717) is 18.5 Å². The lowest BCUT2D eigenvalue weighted by Crippen LogP contribution is -2.41. The van der Waals surface area contributed by atoms with Crippen molar-refractivity contribution in [1.29, 1.82) is 0 Å². The Bertz CT molecular complexity index is 739. The van der Waals surface area contributed by atoms with E-state index in [0.717, 1.165) is 24.2 Å². The highest BCUT2D eigenvalue weighted by atomic mass is 16.4. The standard InChI is InChI=1S/C18H23N3O2/c1-12-6-7-17-19-14(10-20(17)9-12)11-21-15-5-3-2-4-13(15)8-16(21)18(22)23/h6-7,9-10,13,15-16H,2-5,8,11H2,1H3,(H,22,23)/t13-,15-,16-/m0/s1. The van der Waals surface area contributed by atoms with Gasteiger partial charge in [-0.25, -0.2) is 4.98 Å². The van der Waals surface area contributed by atoms with Crippen molar-refractivity contribution in [2.75, 3.05) is 0 Å². The zero-order valence-electron chi connectivity index (χ0n) is 13.5. The number of carboxylic acids is 1. The number of nitrogens with zero attached hydrogens (tertiary/aromatic N) is 3. The summed E-state index contributed by atoms with van der Waals surface area (Å²) in [6.45, 7) is 2.70. The minimum absolute atomic E-state index is 0.352. The van der Waals surface area contributed by atoms with Gasteiger partial charge in [0.15, 0.2) is 0 Å². The second kappa shape index (κ2) is 5.64. The smallest absolute Gasteiger partial charge is 0.320 e. The van der Waals surface area contributed by atoms with Crippen LogP contribution in [0.1, 0.15) is 43.4 Å². The van der Waals surface area contributed by atoms with Gasteiger partial charge in [0.05, 0.1) is 5.69 Å². The molecule has 0 spiro atoms. The number of hydrogen-bond donors (Lipinski definition) is 1. The Morgan fingerprint density at radius 2 is 2.13 bits per heavy atom. The van der Waals surface area contributed by atoms with Crippen molar-refractivity contribution in [1.82, 2.24) is 14.3 Å². The van der Waals surface area contributed by atoms with Gasteiger partial charge in [-0.15, -0.1) is 0 Å². The first kappa shape index (κ1) is 14.7. The van der Waals surface area contributed by atoms with Crippen LogP contribution >= 0.6 is 0 Å².